The quantitative estimate of drug-likeness (QED) is 0.819. The molecule has 1 aromatic carbocycles. The predicted octanol–water partition coefficient (Wildman–Crippen LogP) is 1.40. The van der Waals surface area contributed by atoms with Crippen molar-refractivity contribution >= 4 is 11.6 Å². The Balaban J connectivity index is 2.82. The second kappa shape index (κ2) is 6.12. The molecule has 0 aromatic heterocycles. The summed E-state index contributed by atoms with van der Waals surface area (Å²) in [4.78, 5) is 13.5. The Morgan fingerprint density at radius 1 is 1.38 bits per heavy atom. The number of carbonyl (C=O) groups excluding carboxylic acids is 1. The van der Waals surface area contributed by atoms with Gasteiger partial charge in [0.05, 0.1) is 7.11 Å². The molecule has 0 radical (unpaired) electrons. The van der Waals surface area contributed by atoms with Crippen LogP contribution in [0.5, 0.6) is 5.75 Å². The van der Waals surface area contributed by atoms with Crippen molar-refractivity contribution in [2.45, 2.75) is 13.3 Å². The van der Waals surface area contributed by atoms with Crippen LogP contribution >= 0.6 is 0 Å². The minimum Gasteiger partial charge on any atom is -0.497 e. The topological polar surface area (TPSA) is 55.6 Å². The summed E-state index contributed by atoms with van der Waals surface area (Å²) in [6, 6.07) is 7.43. The van der Waals surface area contributed by atoms with Gasteiger partial charge in [-0.05, 0) is 31.2 Å². The van der Waals surface area contributed by atoms with E-state index in [1.54, 1.807) is 12.0 Å². The number of hydrogen-bond acceptors (Lipinski definition) is 3. The molecular weight excluding hydrogens is 204 g/mol. The van der Waals surface area contributed by atoms with Crippen molar-refractivity contribution in [3.05, 3.63) is 24.3 Å². The first-order valence-corrected chi connectivity index (χ1v) is 5.37. The Morgan fingerprint density at radius 2 is 2.00 bits per heavy atom. The number of hydrogen-bond donors (Lipinski definition) is 1. The van der Waals surface area contributed by atoms with Gasteiger partial charge in [0.15, 0.2) is 0 Å². The highest BCUT2D eigenvalue weighted by molar-refractivity contribution is 5.93. The fourth-order valence-corrected chi connectivity index (χ4v) is 1.52. The fraction of sp³-hybridized carbons (Fsp3) is 0.417. The number of amides is 1. The highest BCUT2D eigenvalue weighted by Gasteiger charge is 2.12. The number of benzene rings is 1. The number of ether oxygens (including phenoxy) is 1. The Bertz CT molecular complexity index is 335. The van der Waals surface area contributed by atoms with Crippen LogP contribution < -0.4 is 15.4 Å². The van der Waals surface area contributed by atoms with Crippen LogP contribution in [0.1, 0.15) is 13.3 Å². The maximum Gasteiger partial charge on any atom is 0.228 e. The van der Waals surface area contributed by atoms with Crippen molar-refractivity contribution in [1.82, 2.24) is 0 Å². The zero-order valence-corrected chi connectivity index (χ0v) is 9.77. The summed E-state index contributed by atoms with van der Waals surface area (Å²) in [6.07, 6.45) is 0.375. The molecule has 4 nitrogen and oxygen atoms in total. The summed E-state index contributed by atoms with van der Waals surface area (Å²) in [5.74, 6) is 0.834. The van der Waals surface area contributed by atoms with Crippen LogP contribution in [0.15, 0.2) is 24.3 Å². The Kier molecular flexibility index (Phi) is 4.79. The molecule has 1 aromatic rings. The first-order valence-electron chi connectivity index (χ1n) is 5.37. The molecule has 16 heavy (non-hydrogen) atoms. The molecule has 1 rings (SSSR count). The summed E-state index contributed by atoms with van der Waals surface area (Å²) >= 11 is 0. The van der Waals surface area contributed by atoms with Gasteiger partial charge >= 0.3 is 0 Å². The van der Waals surface area contributed by atoms with E-state index in [4.69, 9.17) is 10.5 Å². The van der Waals surface area contributed by atoms with E-state index in [1.165, 1.54) is 0 Å². The van der Waals surface area contributed by atoms with E-state index in [0.717, 1.165) is 11.4 Å². The first-order chi connectivity index (χ1) is 7.72. The van der Waals surface area contributed by atoms with Gasteiger partial charge in [-0.1, -0.05) is 0 Å². The smallest absolute Gasteiger partial charge is 0.228 e. The van der Waals surface area contributed by atoms with E-state index >= 15 is 0 Å². The molecule has 1 amide bonds. The van der Waals surface area contributed by atoms with E-state index in [0.29, 0.717) is 19.5 Å². The third kappa shape index (κ3) is 2.97. The molecule has 0 atom stereocenters. The molecule has 0 unspecified atom stereocenters. The van der Waals surface area contributed by atoms with Gasteiger partial charge in [0.1, 0.15) is 5.75 Å². The van der Waals surface area contributed by atoms with Gasteiger partial charge in [0.25, 0.3) is 0 Å². The molecule has 0 saturated heterocycles. The molecule has 0 heterocycles. The lowest BCUT2D eigenvalue weighted by atomic mass is 10.2. The van der Waals surface area contributed by atoms with Gasteiger partial charge in [-0.25, -0.2) is 0 Å². The summed E-state index contributed by atoms with van der Waals surface area (Å²) in [6.45, 7) is 2.97. The summed E-state index contributed by atoms with van der Waals surface area (Å²) in [5.41, 5.74) is 6.25. The van der Waals surface area contributed by atoms with Gasteiger partial charge in [-0.2, -0.15) is 0 Å². The fourth-order valence-electron chi connectivity index (χ4n) is 1.52. The predicted molar refractivity (Wildman–Crippen MR) is 64.7 cm³/mol. The first kappa shape index (κ1) is 12.5. The largest absolute Gasteiger partial charge is 0.497 e. The normalized spacial score (nSPS) is 9.94. The lowest BCUT2D eigenvalue weighted by Crippen LogP contribution is -2.31. The number of anilines is 1. The maximum absolute atomic E-state index is 11.7. The highest BCUT2D eigenvalue weighted by Crippen LogP contribution is 2.19. The number of methoxy groups -OCH3 is 1. The maximum atomic E-state index is 11.7. The van der Waals surface area contributed by atoms with Crippen LogP contribution in [0.2, 0.25) is 0 Å². The van der Waals surface area contributed by atoms with Crippen LogP contribution in [-0.4, -0.2) is 26.1 Å². The molecular formula is C12H18N2O2. The number of nitrogens with two attached hydrogens (primary N) is 1. The van der Waals surface area contributed by atoms with Crippen molar-refractivity contribution in [3.8, 4) is 5.75 Å². The van der Waals surface area contributed by atoms with E-state index in [-0.39, 0.29) is 5.91 Å². The molecule has 2 N–H and O–H groups in total. The summed E-state index contributed by atoms with van der Waals surface area (Å²) in [5, 5.41) is 0. The molecule has 0 spiro atoms. The van der Waals surface area contributed by atoms with Crippen molar-refractivity contribution in [2.75, 3.05) is 25.1 Å². The summed E-state index contributed by atoms with van der Waals surface area (Å²) in [7, 11) is 1.62. The van der Waals surface area contributed by atoms with Crippen molar-refractivity contribution in [2.24, 2.45) is 5.73 Å². The number of rotatable bonds is 5. The Hall–Kier alpha value is -1.55. The van der Waals surface area contributed by atoms with Gasteiger partial charge in [0.2, 0.25) is 5.91 Å². The minimum absolute atomic E-state index is 0.0511. The zero-order valence-electron chi connectivity index (χ0n) is 9.77. The highest BCUT2D eigenvalue weighted by atomic mass is 16.5. The molecule has 0 fully saturated rings. The van der Waals surface area contributed by atoms with E-state index in [2.05, 4.69) is 0 Å². The lowest BCUT2D eigenvalue weighted by molar-refractivity contribution is -0.118. The van der Waals surface area contributed by atoms with E-state index in [9.17, 15) is 4.79 Å². The van der Waals surface area contributed by atoms with E-state index < -0.39 is 0 Å². The standard InChI is InChI=1S/C12H18N2O2/c1-3-14(12(15)8-9-13)10-4-6-11(16-2)7-5-10/h4-7H,3,8-9,13H2,1-2H3. The van der Waals surface area contributed by atoms with Gasteiger partial charge in [-0.3, -0.25) is 4.79 Å². The molecule has 0 aliphatic carbocycles. The third-order valence-electron chi connectivity index (χ3n) is 2.36. The van der Waals surface area contributed by atoms with Crippen molar-refractivity contribution in [1.29, 1.82) is 0 Å². The SMILES string of the molecule is CCN(C(=O)CCN)c1ccc(OC)cc1. The van der Waals surface area contributed by atoms with Crippen LogP contribution in [0.25, 0.3) is 0 Å². The number of carbonyl (C=O) groups is 1. The zero-order chi connectivity index (χ0) is 12.0. The number of nitrogens with zero attached hydrogens (tertiary/aromatic N) is 1. The Labute approximate surface area is 96.0 Å². The van der Waals surface area contributed by atoms with Crippen LogP contribution in [0.4, 0.5) is 5.69 Å². The average Bonchev–Trinajstić information content (AvgIpc) is 2.31. The van der Waals surface area contributed by atoms with Gasteiger partial charge < -0.3 is 15.4 Å². The summed E-state index contributed by atoms with van der Waals surface area (Å²) < 4.78 is 5.07. The van der Waals surface area contributed by atoms with Gasteiger partial charge in [-0.15, -0.1) is 0 Å². The monoisotopic (exact) mass is 222 g/mol. The van der Waals surface area contributed by atoms with Crippen molar-refractivity contribution in [3.63, 3.8) is 0 Å². The van der Waals surface area contributed by atoms with Crippen LogP contribution in [-0.2, 0) is 4.79 Å². The Morgan fingerprint density at radius 3 is 2.44 bits per heavy atom. The molecule has 88 valence electrons. The molecule has 0 aliphatic heterocycles. The second-order valence-electron chi connectivity index (χ2n) is 3.37. The molecule has 4 heteroatoms. The van der Waals surface area contributed by atoms with E-state index in [1.807, 2.05) is 31.2 Å². The van der Waals surface area contributed by atoms with Gasteiger partial charge in [0, 0.05) is 25.2 Å². The molecule has 0 aliphatic rings. The lowest BCUT2D eigenvalue weighted by Gasteiger charge is -2.20. The molecule has 0 saturated carbocycles. The second-order valence-corrected chi connectivity index (χ2v) is 3.37. The molecule has 0 bridgehead atoms. The minimum atomic E-state index is 0.0511. The van der Waals surface area contributed by atoms with Crippen LogP contribution in [0.3, 0.4) is 0 Å². The third-order valence-corrected chi connectivity index (χ3v) is 2.36. The van der Waals surface area contributed by atoms with Crippen LogP contribution in [0, 0.1) is 0 Å². The average molecular weight is 222 g/mol. The van der Waals surface area contributed by atoms with Crippen molar-refractivity contribution < 1.29 is 9.53 Å².